The van der Waals surface area contributed by atoms with Gasteiger partial charge in [0.15, 0.2) is 12.2 Å². The van der Waals surface area contributed by atoms with E-state index in [1.165, 1.54) is 7.05 Å². The van der Waals surface area contributed by atoms with E-state index in [1.807, 2.05) is 6.92 Å². The Hall–Kier alpha value is -1.71. The number of anilines is 1. The number of carbonyl (C=O) groups excluding carboxylic acids is 1. The first-order valence-corrected chi connectivity index (χ1v) is 10.3. The van der Waals surface area contributed by atoms with Crippen LogP contribution in [-0.4, -0.2) is 47.8 Å². The fraction of sp³-hybridized carbons (Fsp3) is 0.722. The van der Waals surface area contributed by atoms with Gasteiger partial charge >= 0.3 is 4.87 Å². The molecule has 152 valence electrons. The fourth-order valence-corrected chi connectivity index (χ4v) is 4.49. The summed E-state index contributed by atoms with van der Waals surface area (Å²) in [6.07, 6.45) is 4.04. The molecule has 0 saturated carbocycles. The van der Waals surface area contributed by atoms with E-state index in [-0.39, 0.29) is 33.8 Å². The van der Waals surface area contributed by atoms with Crippen LogP contribution in [0.25, 0.3) is 0 Å². The molecule has 1 saturated heterocycles. The smallest absolute Gasteiger partial charge is 0.309 e. The van der Waals surface area contributed by atoms with E-state index in [9.17, 15) is 14.7 Å². The van der Waals surface area contributed by atoms with Crippen molar-refractivity contribution in [2.45, 2.75) is 64.2 Å². The Balaban J connectivity index is 2.36. The molecule has 1 aromatic rings. The lowest BCUT2D eigenvalue weighted by atomic mass is 9.85. The SMILES string of the molecule is CCC[C@@H]1C[C@@H]([C@H](O)CCC)OC[C@H]1n1c(NC(N)=NC)c(C=O)sc1=O. The van der Waals surface area contributed by atoms with Crippen LogP contribution >= 0.6 is 11.3 Å². The second-order valence-electron chi connectivity index (χ2n) is 6.88. The predicted octanol–water partition coefficient (Wildman–Crippen LogP) is 1.99. The maximum absolute atomic E-state index is 12.7. The highest BCUT2D eigenvalue weighted by Crippen LogP contribution is 2.37. The third kappa shape index (κ3) is 4.97. The normalized spacial score (nSPS) is 24.6. The average molecular weight is 399 g/mol. The molecule has 1 aliphatic rings. The van der Waals surface area contributed by atoms with Gasteiger partial charge in [0.1, 0.15) is 10.7 Å². The van der Waals surface area contributed by atoms with Crippen LogP contribution in [0.3, 0.4) is 0 Å². The summed E-state index contributed by atoms with van der Waals surface area (Å²) in [5.74, 6) is 0.655. The van der Waals surface area contributed by atoms with Crippen LogP contribution in [0, 0.1) is 5.92 Å². The molecule has 1 aromatic heterocycles. The summed E-state index contributed by atoms with van der Waals surface area (Å²) in [6, 6.07) is -0.223. The van der Waals surface area contributed by atoms with Gasteiger partial charge in [-0.05, 0) is 25.2 Å². The molecule has 0 aromatic carbocycles. The number of aliphatic hydroxyl groups is 1. The Kier molecular flexibility index (Phi) is 8.00. The Bertz CT molecular complexity index is 715. The van der Waals surface area contributed by atoms with Crippen molar-refractivity contribution in [3.05, 3.63) is 14.5 Å². The number of aldehydes is 1. The second-order valence-corrected chi connectivity index (χ2v) is 7.88. The summed E-state index contributed by atoms with van der Waals surface area (Å²) in [5, 5.41) is 13.2. The second kappa shape index (κ2) is 10.0. The minimum atomic E-state index is -0.500. The van der Waals surface area contributed by atoms with Crippen LogP contribution in [0.2, 0.25) is 0 Å². The number of thiazole rings is 1. The van der Waals surface area contributed by atoms with Gasteiger partial charge in [0.05, 0.1) is 24.9 Å². The van der Waals surface area contributed by atoms with E-state index in [0.717, 1.165) is 30.6 Å². The van der Waals surface area contributed by atoms with Crippen molar-refractivity contribution < 1.29 is 14.6 Å². The quantitative estimate of drug-likeness (QED) is 0.350. The number of guanidine groups is 1. The molecule has 27 heavy (non-hydrogen) atoms. The molecule has 1 aliphatic heterocycles. The molecule has 1 fully saturated rings. The first-order valence-electron chi connectivity index (χ1n) is 9.46. The number of carbonyl (C=O) groups is 1. The molecule has 9 heteroatoms. The van der Waals surface area contributed by atoms with Crippen molar-refractivity contribution in [1.82, 2.24) is 4.57 Å². The first-order chi connectivity index (χ1) is 13.0. The van der Waals surface area contributed by atoms with Gasteiger partial charge in [-0.2, -0.15) is 0 Å². The van der Waals surface area contributed by atoms with Crippen LogP contribution in [0.1, 0.15) is 61.7 Å². The van der Waals surface area contributed by atoms with Gasteiger partial charge in [-0.15, -0.1) is 0 Å². The highest BCUT2D eigenvalue weighted by atomic mass is 32.1. The number of hydrogen-bond donors (Lipinski definition) is 3. The summed E-state index contributed by atoms with van der Waals surface area (Å²) in [7, 11) is 1.53. The largest absolute Gasteiger partial charge is 0.390 e. The molecule has 2 heterocycles. The maximum Gasteiger partial charge on any atom is 0.309 e. The predicted molar refractivity (Wildman–Crippen MR) is 108 cm³/mol. The zero-order valence-corrected chi connectivity index (χ0v) is 17.0. The Morgan fingerprint density at radius 1 is 1.52 bits per heavy atom. The summed E-state index contributed by atoms with van der Waals surface area (Å²) >= 11 is 0.884. The lowest BCUT2D eigenvalue weighted by Gasteiger charge is -2.39. The number of nitrogens with one attached hydrogen (secondary N) is 1. The molecule has 0 aliphatic carbocycles. The summed E-state index contributed by atoms with van der Waals surface area (Å²) < 4.78 is 7.52. The molecule has 4 atom stereocenters. The fourth-order valence-electron chi connectivity index (χ4n) is 3.68. The maximum atomic E-state index is 12.7. The van der Waals surface area contributed by atoms with Gasteiger partial charge in [-0.1, -0.05) is 38.0 Å². The molecule has 0 amide bonds. The van der Waals surface area contributed by atoms with Crippen LogP contribution < -0.4 is 15.9 Å². The summed E-state index contributed by atoms with van der Waals surface area (Å²) in [4.78, 5) is 28.0. The minimum absolute atomic E-state index is 0.129. The zero-order valence-electron chi connectivity index (χ0n) is 16.2. The van der Waals surface area contributed by atoms with Crippen molar-refractivity contribution in [3.63, 3.8) is 0 Å². The zero-order chi connectivity index (χ0) is 20.0. The molecule has 0 radical (unpaired) electrons. The Morgan fingerprint density at radius 3 is 2.85 bits per heavy atom. The first kappa shape index (κ1) is 21.6. The Labute approximate surface area is 163 Å². The molecular weight excluding hydrogens is 368 g/mol. The van der Waals surface area contributed by atoms with Crippen LogP contribution in [0.5, 0.6) is 0 Å². The number of hydrogen-bond acceptors (Lipinski definition) is 6. The van der Waals surface area contributed by atoms with E-state index >= 15 is 0 Å². The van der Waals surface area contributed by atoms with Crippen LogP contribution in [-0.2, 0) is 4.74 Å². The summed E-state index contributed by atoms with van der Waals surface area (Å²) in [5.41, 5.74) is 5.77. The highest BCUT2D eigenvalue weighted by molar-refractivity contribution is 7.11. The average Bonchev–Trinajstić information content (AvgIpc) is 2.97. The van der Waals surface area contributed by atoms with E-state index in [1.54, 1.807) is 4.57 Å². The molecular formula is C18H30N4O4S. The van der Waals surface area contributed by atoms with Gasteiger partial charge in [0.25, 0.3) is 0 Å². The lowest BCUT2D eigenvalue weighted by Crippen LogP contribution is -2.43. The van der Waals surface area contributed by atoms with Crippen LogP contribution in [0.4, 0.5) is 5.82 Å². The number of rotatable bonds is 8. The van der Waals surface area contributed by atoms with Crippen molar-refractivity contribution in [2.24, 2.45) is 16.6 Å². The van der Waals surface area contributed by atoms with Gasteiger partial charge in [0, 0.05) is 7.05 Å². The monoisotopic (exact) mass is 398 g/mol. The summed E-state index contributed by atoms with van der Waals surface area (Å²) in [6.45, 7) is 4.43. The van der Waals surface area contributed by atoms with E-state index in [0.29, 0.717) is 31.6 Å². The molecule has 2 rings (SSSR count). The van der Waals surface area contributed by atoms with Crippen molar-refractivity contribution in [3.8, 4) is 0 Å². The third-order valence-electron chi connectivity index (χ3n) is 5.03. The molecule has 0 bridgehead atoms. The lowest BCUT2D eigenvalue weighted by molar-refractivity contribution is -0.101. The number of nitrogens with zero attached hydrogens (tertiary/aromatic N) is 2. The van der Waals surface area contributed by atoms with Gasteiger partial charge < -0.3 is 20.9 Å². The number of ether oxygens (including phenoxy) is 1. The Morgan fingerprint density at radius 2 is 2.26 bits per heavy atom. The molecule has 4 N–H and O–H groups in total. The molecule has 8 nitrogen and oxygen atoms in total. The van der Waals surface area contributed by atoms with Gasteiger partial charge in [-0.25, -0.2) is 0 Å². The minimum Gasteiger partial charge on any atom is -0.390 e. The van der Waals surface area contributed by atoms with E-state index in [4.69, 9.17) is 10.5 Å². The van der Waals surface area contributed by atoms with Crippen molar-refractivity contribution in [1.29, 1.82) is 0 Å². The van der Waals surface area contributed by atoms with Gasteiger partial charge in [0.2, 0.25) is 0 Å². The van der Waals surface area contributed by atoms with Crippen molar-refractivity contribution in [2.75, 3.05) is 19.0 Å². The van der Waals surface area contributed by atoms with Gasteiger partial charge in [-0.3, -0.25) is 19.1 Å². The number of aromatic nitrogens is 1. The van der Waals surface area contributed by atoms with Crippen molar-refractivity contribution >= 4 is 29.4 Å². The third-order valence-corrected chi connectivity index (χ3v) is 5.91. The molecule has 0 unspecified atom stereocenters. The van der Waals surface area contributed by atoms with Crippen LogP contribution in [0.15, 0.2) is 9.79 Å². The van der Waals surface area contributed by atoms with E-state index < -0.39 is 6.10 Å². The molecule has 0 spiro atoms. The number of aliphatic hydroxyl groups excluding tert-OH is 1. The highest BCUT2D eigenvalue weighted by Gasteiger charge is 2.37. The number of nitrogens with two attached hydrogens (primary N) is 1. The standard InChI is InChI=1S/C18H30N4O4S/c1-4-6-11-8-14(13(24)7-5-2)26-10-12(11)22-16(21-17(19)20-3)15(9-23)27-18(22)25/h9,11-14,24H,4-8,10H2,1-3H3,(H3,19,20,21)/t11-,12-,13-,14+/m1/s1. The topological polar surface area (TPSA) is 119 Å². The van der Waals surface area contributed by atoms with E-state index in [2.05, 4.69) is 17.2 Å². The number of aliphatic imine (C=N–C) groups is 1.